The Kier molecular flexibility index (Phi) is 5.71. The summed E-state index contributed by atoms with van der Waals surface area (Å²) in [4.78, 5) is 24.9. The quantitative estimate of drug-likeness (QED) is 0.456. The van der Waals surface area contributed by atoms with Crippen LogP contribution in [0.1, 0.15) is 41.5 Å². The number of thiazole rings is 1. The summed E-state index contributed by atoms with van der Waals surface area (Å²) >= 11 is 1.45. The number of anilines is 1. The van der Waals surface area contributed by atoms with E-state index in [1.807, 2.05) is 42.6 Å². The van der Waals surface area contributed by atoms with Crippen molar-refractivity contribution in [2.45, 2.75) is 33.2 Å². The molecule has 4 aromatic rings. The van der Waals surface area contributed by atoms with Gasteiger partial charge in [-0.15, -0.1) is 11.3 Å². The van der Waals surface area contributed by atoms with Gasteiger partial charge < -0.3 is 4.52 Å². The molecule has 0 aliphatic carbocycles. The van der Waals surface area contributed by atoms with Gasteiger partial charge in [-0.05, 0) is 38.3 Å². The second kappa shape index (κ2) is 8.80. The van der Waals surface area contributed by atoms with Gasteiger partial charge in [0.15, 0.2) is 5.13 Å². The van der Waals surface area contributed by atoms with Crippen LogP contribution >= 0.6 is 11.3 Å². The summed E-state index contributed by atoms with van der Waals surface area (Å²) in [6, 6.07) is 11.5. The smallest absolute Gasteiger partial charge is 0.259 e. The van der Waals surface area contributed by atoms with Crippen LogP contribution in [0.3, 0.4) is 0 Å². The lowest BCUT2D eigenvalue weighted by Gasteiger charge is -2.30. The summed E-state index contributed by atoms with van der Waals surface area (Å²) in [5.41, 5.74) is 4.03. The number of carbonyl (C=O) groups is 1. The van der Waals surface area contributed by atoms with Gasteiger partial charge in [0.1, 0.15) is 0 Å². The maximum absolute atomic E-state index is 13.3. The number of carbonyl (C=O) groups excluding carboxylic acids is 1. The van der Waals surface area contributed by atoms with Gasteiger partial charge in [-0.25, -0.2) is 9.97 Å². The number of amides is 1. The van der Waals surface area contributed by atoms with Gasteiger partial charge in [0.2, 0.25) is 0 Å². The van der Waals surface area contributed by atoms with Crippen LogP contribution in [0.4, 0.5) is 5.13 Å². The van der Waals surface area contributed by atoms with E-state index in [1.54, 1.807) is 6.07 Å². The van der Waals surface area contributed by atoms with Crippen LogP contribution in [0.15, 0.2) is 46.3 Å². The van der Waals surface area contributed by atoms with Gasteiger partial charge in [0, 0.05) is 24.0 Å². The fourth-order valence-corrected chi connectivity index (χ4v) is 4.99. The Bertz CT molecular complexity index is 1250. The van der Waals surface area contributed by atoms with Crippen LogP contribution in [0.25, 0.3) is 22.4 Å². The molecular weight excluding hydrogens is 422 g/mol. The lowest BCUT2D eigenvalue weighted by atomic mass is 10.0. The number of aryl methyl sites for hydroxylation is 1. The van der Waals surface area contributed by atoms with Crippen molar-refractivity contribution in [1.82, 2.24) is 20.0 Å². The second-order valence-electron chi connectivity index (χ2n) is 8.45. The number of benzene rings is 1. The fraction of sp³-hybridized carbons (Fsp3) is 0.333. The molecule has 0 bridgehead atoms. The molecule has 0 unspecified atom stereocenters. The van der Waals surface area contributed by atoms with Crippen LogP contribution in [0.5, 0.6) is 0 Å². The Morgan fingerprint density at radius 2 is 2.12 bits per heavy atom. The van der Waals surface area contributed by atoms with E-state index in [2.05, 4.69) is 32.3 Å². The molecule has 1 aromatic carbocycles. The molecule has 1 aliphatic heterocycles. The van der Waals surface area contributed by atoms with Crippen molar-refractivity contribution in [3.63, 3.8) is 0 Å². The maximum atomic E-state index is 13.3. The summed E-state index contributed by atoms with van der Waals surface area (Å²) in [6.45, 7) is 7.13. The molecule has 32 heavy (non-hydrogen) atoms. The van der Waals surface area contributed by atoms with Crippen molar-refractivity contribution in [3.8, 4) is 11.3 Å². The third kappa shape index (κ3) is 4.28. The third-order valence-corrected chi connectivity index (χ3v) is 6.64. The van der Waals surface area contributed by atoms with E-state index in [9.17, 15) is 4.79 Å². The highest BCUT2D eigenvalue weighted by Crippen LogP contribution is 2.28. The highest BCUT2D eigenvalue weighted by Gasteiger charge is 2.21. The fourth-order valence-electron chi connectivity index (χ4n) is 4.29. The minimum absolute atomic E-state index is 0.242. The molecule has 4 heterocycles. The Hall–Kier alpha value is -3.10. The van der Waals surface area contributed by atoms with Crippen LogP contribution in [0, 0.1) is 12.8 Å². The van der Waals surface area contributed by atoms with Crippen LogP contribution in [0.2, 0.25) is 0 Å². The van der Waals surface area contributed by atoms with E-state index < -0.39 is 0 Å². The average molecular weight is 448 g/mol. The number of hydrogen-bond acceptors (Lipinski definition) is 7. The van der Waals surface area contributed by atoms with E-state index in [0.29, 0.717) is 33.2 Å². The molecule has 0 saturated carbocycles. The molecule has 164 valence electrons. The lowest BCUT2D eigenvalue weighted by molar-refractivity contribution is 0.102. The van der Waals surface area contributed by atoms with Crippen molar-refractivity contribution < 1.29 is 9.32 Å². The van der Waals surface area contributed by atoms with Gasteiger partial charge in [-0.3, -0.25) is 15.0 Å². The molecule has 0 spiro atoms. The number of likely N-dealkylation sites (tertiary alicyclic amines) is 1. The zero-order valence-corrected chi connectivity index (χ0v) is 19.0. The van der Waals surface area contributed by atoms with Gasteiger partial charge >= 0.3 is 0 Å². The van der Waals surface area contributed by atoms with Crippen LogP contribution in [-0.2, 0) is 6.54 Å². The summed E-state index contributed by atoms with van der Waals surface area (Å²) in [5, 5.41) is 10.2. The number of pyridine rings is 1. The van der Waals surface area contributed by atoms with Crippen LogP contribution in [-0.4, -0.2) is 39.0 Å². The number of piperidine rings is 1. The minimum Gasteiger partial charge on any atom is -0.335 e. The van der Waals surface area contributed by atoms with E-state index >= 15 is 0 Å². The van der Waals surface area contributed by atoms with Crippen molar-refractivity contribution in [2.24, 2.45) is 5.92 Å². The molecule has 7 nitrogen and oxygen atoms in total. The van der Waals surface area contributed by atoms with Gasteiger partial charge in [-0.1, -0.05) is 42.4 Å². The van der Waals surface area contributed by atoms with Crippen molar-refractivity contribution in [2.75, 3.05) is 18.4 Å². The van der Waals surface area contributed by atoms with Gasteiger partial charge in [-0.2, -0.15) is 0 Å². The van der Waals surface area contributed by atoms with E-state index in [0.717, 1.165) is 36.8 Å². The zero-order valence-electron chi connectivity index (χ0n) is 18.2. The topological polar surface area (TPSA) is 84.1 Å². The van der Waals surface area contributed by atoms with Crippen LogP contribution < -0.4 is 5.32 Å². The van der Waals surface area contributed by atoms with Gasteiger partial charge in [0.25, 0.3) is 11.6 Å². The molecular formula is C24H25N5O2S. The Morgan fingerprint density at radius 1 is 1.28 bits per heavy atom. The van der Waals surface area contributed by atoms with E-state index in [4.69, 9.17) is 4.52 Å². The highest BCUT2D eigenvalue weighted by molar-refractivity contribution is 7.14. The molecule has 0 radical (unpaired) electrons. The van der Waals surface area contributed by atoms with E-state index in [1.165, 1.54) is 24.2 Å². The summed E-state index contributed by atoms with van der Waals surface area (Å²) in [5.74, 6) is 0.481. The second-order valence-corrected chi connectivity index (χ2v) is 9.31. The van der Waals surface area contributed by atoms with Gasteiger partial charge in [0.05, 0.1) is 28.0 Å². The van der Waals surface area contributed by atoms with Crippen molar-refractivity contribution in [3.05, 3.63) is 58.7 Å². The molecule has 1 atom stereocenters. The first-order valence-corrected chi connectivity index (χ1v) is 11.8. The molecule has 8 heteroatoms. The predicted octanol–water partition coefficient (Wildman–Crippen LogP) is 5.14. The number of nitrogens with zero attached hydrogens (tertiary/aromatic N) is 4. The molecule has 5 rings (SSSR count). The highest BCUT2D eigenvalue weighted by atomic mass is 32.1. The van der Waals surface area contributed by atoms with Crippen molar-refractivity contribution in [1.29, 1.82) is 0 Å². The SMILES string of the molecule is Cc1noc2nc(-c3ccccc3)cc(C(=O)Nc3nc(CN4CCC[C@@H](C)C4)cs3)c12. The average Bonchev–Trinajstić information content (AvgIpc) is 3.40. The maximum Gasteiger partial charge on any atom is 0.259 e. The molecule has 1 aliphatic rings. The molecule has 1 saturated heterocycles. The summed E-state index contributed by atoms with van der Waals surface area (Å²) in [6.07, 6.45) is 2.53. The lowest BCUT2D eigenvalue weighted by Crippen LogP contribution is -2.33. The summed E-state index contributed by atoms with van der Waals surface area (Å²) in [7, 11) is 0. The zero-order chi connectivity index (χ0) is 22.1. The normalized spacial score (nSPS) is 17.0. The number of nitrogens with one attached hydrogen (secondary N) is 1. The third-order valence-electron chi connectivity index (χ3n) is 5.83. The standard InChI is InChI=1S/C24H25N5O2S/c1-15-7-6-10-29(12-15)13-18-14-32-24(25-18)27-22(30)19-11-20(17-8-4-3-5-9-17)26-23-21(19)16(2)28-31-23/h3-5,8-9,11,14-15H,6-7,10,12-13H2,1-2H3,(H,25,27,30)/t15-/m1/s1. The first-order valence-electron chi connectivity index (χ1n) is 10.9. The molecule has 1 fully saturated rings. The monoisotopic (exact) mass is 447 g/mol. The number of rotatable bonds is 5. The number of fused-ring (bicyclic) bond motifs is 1. The first kappa shape index (κ1) is 20.8. The Morgan fingerprint density at radius 3 is 2.94 bits per heavy atom. The first-order chi connectivity index (χ1) is 15.6. The Labute approximate surface area is 190 Å². The predicted molar refractivity (Wildman–Crippen MR) is 126 cm³/mol. The molecule has 1 amide bonds. The summed E-state index contributed by atoms with van der Waals surface area (Å²) < 4.78 is 5.39. The van der Waals surface area contributed by atoms with Crippen molar-refractivity contribution >= 4 is 33.5 Å². The largest absolute Gasteiger partial charge is 0.335 e. The number of aromatic nitrogens is 3. The number of hydrogen-bond donors (Lipinski definition) is 1. The Balaban J connectivity index is 1.39. The minimum atomic E-state index is -0.242. The molecule has 1 N–H and O–H groups in total. The molecule has 3 aromatic heterocycles. The van der Waals surface area contributed by atoms with E-state index in [-0.39, 0.29) is 5.91 Å².